The first-order valence-corrected chi connectivity index (χ1v) is 8.20. The van der Waals surface area contributed by atoms with Crippen molar-refractivity contribution in [1.29, 1.82) is 5.26 Å². The topological polar surface area (TPSA) is 64.4 Å². The smallest absolute Gasteiger partial charge is 0.246 e. The maximum atomic E-state index is 12.4. The van der Waals surface area contributed by atoms with Crippen LogP contribution in [-0.2, 0) is 16.0 Å². The normalized spacial score (nSPS) is 14.3. The van der Waals surface area contributed by atoms with Gasteiger partial charge in [-0.15, -0.1) is 0 Å². The minimum absolute atomic E-state index is 0.0309. The molecule has 2 aromatic carbocycles. The molecule has 1 aliphatic rings. The highest BCUT2D eigenvalue weighted by molar-refractivity contribution is 5.98. The molecule has 1 aliphatic heterocycles. The molecule has 5 nitrogen and oxygen atoms in total. The number of benzene rings is 2. The number of nitriles is 1. The van der Waals surface area contributed by atoms with Gasteiger partial charge in [-0.2, -0.15) is 5.26 Å². The van der Waals surface area contributed by atoms with Crippen LogP contribution in [-0.4, -0.2) is 36.3 Å². The molecule has 2 aromatic rings. The standard InChI is InChI=1S/C20H19N3O2/c1-15-2-4-16(5-3-15)12-19(24)22-10-11-23(20(25)14-22)18-8-6-17(13-21)7-9-18/h2-9H,10-12,14H2,1H3. The molecule has 2 amide bonds. The van der Waals surface area contributed by atoms with Crippen LogP contribution in [0.3, 0.4) is 0 Å². The summed E-state index contributed by atoms with van der Waals surface area (Å²) in [5, 5.41) is 8.85. The molecule has 1 saturated heterocycles. The van der Waals surface area contributed by atoms with E-state index >= 15 is 0 Å². The van der Waals surface area contributed by atoms with Crippen LogP contribution in [0.25, 0.3) is 0 Å². The summed E-state index contributed by atoms with van der Waals surface area (Å²) >= 11 is 0. The van der Waals surface area contributed by atoms with Crippen molar-refractivity contribution in [2.24, 2.45) is 0 Å². The number of rotatable bonds is 3. The second-order valence-corrected chi connectivity index (χ2v) is 6.18. The minimum Gasteiger partial charge on any atom is -0.331 e. The predicted octanol–water partition coefficient (Wildman–Crippen LogP) is 2.28. The Bertz CT molecular complexity index is 820. The zero-order chi connectivity index (χ0) is 17.8. The molecule has 0 atom stereocenters. The van der Waals surface area contributed by atoms with Crippen molar-refractivity contribution in [1.82, 2.24) is 4.90 Å². The van der Waals surface area contributed by atoms with Gasteiger partial charge >= 0.3 is 0 Å². The molecule has 1 fully saturated rings. The van der Waals surface area contributed by atoms with Crippen LogP contribution in [0.2, 0.25) is 0 Å². The van der Waals surface area contributed by atoms with Gasteiger partial charge in [-0.05, 0) is 36.8 Å². The predicted molar refractivity (Wildman–Crippen MR) is 95.0 cm³/mol. The molecule has 3 rings (SSSR count). The number of hydrogen-bond donors (Lipinski definition) is 0. The lowest BCUT2D eigenvalue weighted by Crippen LogP contribution is -2.52. The third kappa shape index (κ3) is 3.86. The highest BCUT2D eigenvalue weighted by Crippen LogP contribution is 2.18. The van der Waals surface area contributed by atoms with Gasteiger partial charge in [0, 0.05) is 18.8 Å². The van der Waals surface area contributed by atoms with E-state index in [2.05, 4.69) is 6.07 Å². The second-order valence-electron chi connectivity index (χ2n) is 6.18. The van der Waals surface area contributed by atoms with Crippen LogP contribution in [0.5, 0.6) is 0 Å². The molecule has 0 bridgehead atoms. The summed E-state index contributed by atoms with van der Waals surface area (Å²) in [6, 6.07) is 16.8. The minimum atomic E-state index is -0.104. The van der Waals surface area contributed by atoms with E-state index in [9.17, 15) is 9.59 Å². The molecule has 0 unspecified atom stereocenters. The summed E-state index contributed by atoms with van der Waals surface area (Å²) in [6.45, 7) is 3.07. The molecule has 0 saturated carbocycles. The van der Waals surface area contributed by atoms with Crippen molar-refractivity contribution in [3.05, 3.63) is 65.2 Å². The fraction of sp³-hybridized carbons (Fsp3) is 0.250. The molecule has 1 heterocycles. The lowest BCUT2D eigenvalue weighted by molar-refractivity contribution is -0.136. The second kappa shape index (κ2) is 7.18. The summed E-state index contributed by atoms with van der Waals surface area (Å²) in [7, 11) is 0. The Morgan fingerprint density at radius 3 is 2.36 bits per heavy atom. The third-order valence-corrected chi connectivity index (χ3v) is 4.36. The number of amides is 2. The van der Waals surface area contributed by atoms with E-state index in [1.54, 1.807) is 34.1 Å². The summed E-state index contributed by atoms with van der Waals surface area (Å²) < 4.78 is 0. The fourth-order valence-corrected chi connectivity index (χ4v) is 2.87. The fourth-order valence-electron chi connectivity index (χ4n) is 2.87. The molecule has 126 valence electrons. The van der Waals surface area contributed by atoms with Gasteiger partial charge < -0.3 is 9.80 Å². The molecular weight excluding hydrogens is 314 g/mol. The van der Waals surface area contributed by atoms with Crippen molar-refractivity contribution in [2.45, 2.75) is 13.3 Å². The monoisotopic (exact) mass is 333 g/mol. The Hall–Kier alpha value is -3.13. The Morgan fingerprint density at radius 1 is 1.08 bits per heavy atom. The van der Waals surface area contributed by atoms with Crippen molar-refractivity contribution >= 4 is 17.5 Å². The van der Waals surface area contributed by atoms with Crippen LogP contribution in [0, 0.1) is 18.3 Å². The number of nitrogens with zero attached hydrogens (tertiary/aromatic N) is 3. The van der Waals surface area contributed by atoms with Crippen molar-refractivity contribution < 1.29 is 9.59 Å². The lowest BCUT2D eigenvalue weighted by Gasteiger charge is -2.34. The Labute approximate surface area is 147 Å². The number of aryl methyl sites for hydroxylation is 1. The zero-order valence-electron chi connectivity index (χ0n) is 14.1. The first-order chi connectivity index (χ1) is 12.1. The molecule has 0 aromatic heterocycles. The van der Waals surface area contributed by atoms with E-state index in [1.807, 2.05) is 31.2 Å². The highest BCUT2D eigenvalue weighted by atomic mass is 16.2. The molecule has 5 heteroatoms. The Kier molecular flexibility index (Phi) is 4.80. The van der Waals surface area contributed by atoms with Crippen LogP contribution < -0.4 is 4.90 Å². The molecule has 0 aliphatic carbocycles. The first kappa shape index (κ1) is 16.7. The van der Waals surface area contributed by atoms with E-state index in [4.69, 9.17) is 5.26 Å². The number of carbonyl (C=O) groups excluding carboxylic acids is 2. The maximum Gasteiger partial charge on any atom is 0.246 e. The molecule has 0 radical (unpaired) electrons. The van der Waals surface area contributed by atoms with Gasteiger partial charge in [-0.1, -0.05) is 29.8 Å². The summed E-state index contributed by atoms with van der Waals surface area (Å²) in [4.78, 5) is 28.1. The van der Waals surface area contributed by atoms with Crippen LogP contribution >= 0.6 is 0 Å². The summed E-state index contributed by atoms with van der Waals surface area (Å²) in [6.07, 6.45) is 0.310. The molecule has 0 spiro atoms. The summed E-state index contributed by atoms with van der Waals surface area (Å²) in [5.74, 6) is -0.134. The van der Waals surface area contributed by atoms with E-state index in [1.165, 1.54) is 0 Å². The van der Waals surface area contributed by atoms with Gasteiger partial charge in [0.1, 0.15) is 6.54 Å². The van der Waals surface area contributed by atoms with Gasteiger partial charge in [-0.3, -0.25) is 9.59 Å². The van der Waals surface area contributed by atoms with Gasteiger partial charge in [0.05, 0.1) is 18.1 Å². The Morgan fingerprint density at radius 2 is 1.76 bits per heavy atom. The number of piperazine rings is 1. The maximum absolute atomic E-state index is 12.4. The van der Waals surface area contributed by atoms with Gasteiger partial charge in [0.25, 0.3) is 0 Å². The average Bonchev–Trinajstić information content (AvgIpc) is 2.63. The average molecular weight is 333 g/mol. The highest BCUT2D eigenvalue weighted by Gasteiger charge is 2.27. The van der Waals surface area contributed by atoms with E-state index in [-0.39, 0.29) is 18.4 Å². The molecule has 0 N–H and O–H groups in total. The lowest BCUT2D eigenvalue weighted by atomic mass is 10.1. The number of anilines is 1. The number of carbonyl (C=O) groups is 2. The van der Waals surface area contributed by atoms with Crippen LogP contribution in [0.1, 0.15) is 16.7 Å². The number of hydrogen-bond acceptors (Lipinski definition) is 3. The molecule has 25 heavy (non-hydrogen) atoms. The zero-order valence-corrected chi connectivity index (χ0v) is 14.1. The van der Waals surface area contributed by atoms with Crippen molar-refractivity contribution in [3.63, 3.8) is 0 Å². The third-order valence-electron chi connectivity index (χ3n) is 4.36. The van der Waals surface area contributed by atoms with Gasteiger partial charge in [-0.25, -0.2) is 0 Å². The Balaban J connectivity index is 1.62. The van der Waals surface area contributed by atoms with E-state index in [0.29, 0.717) is 25.1 Å². The van der Waals surface area contributed by atoms with E-state index < -0.39 is 0 Å². The quantitative estimate of drug-likeness (QED) is 0.865. The van der Waals surface area contributed by atoms with E-state index in [0.717, 1.165) is 16.8 Å². The van der Waals surface area contributed by atoms with Crippen molar-refractivity contribution in [3.8, 4) is 6.07 Å². The van der Waals surface area contributed by atoms with Gasteiger partial charge in [0.2, 0.25) is 11.8 Å². The molecular formula is C20H19N3O2. The van der Waals surface area contributed by atoms with Crippen LogP contribution in [0.15, 0.2) is 48.5 Å². The van der Waals surface area contributed by atoms with Crippen molar-refractivity contribution in [2.75, 3.05) is 24.5 Å². The van der Waals surface area contributed by atoms with Gasteiger partial charge in [0.15, 0.2) is 0 Å². The van der Waals surface area contributed by atoms with Crippen LogP contribution in [0.4, 0.5) is 5.69 Å². The SMILES string of the molecule is Cc1ccc(CC(=O)N2CCN(c3ccc(C#N)cc3)C(=O)C2)cc1. The first-order valence-electron chi connectivity index (χ1n) is 8.20. The largest absolute Gasteiger partial charge is 0.331 e. The summed E-state index contributed by atoms with van der Waals surface area (Å²) in [5.41, 5.74) is 3.43.